The Kier molecular flexibility index (Phi) is 9.47. The largest absolute Gasteiger partial charge is 0.497 e. The van der Waals surface area contributed by atoms with E-state index in [-0.39, 0.29) is 24.3 Å². The van der Waals surface area contributed by atoms with Crippen LogP contribution in [0, 0.1) is 17.0 Å². The molecule has 0 spiro atoms. The van der Waals surface area contributed by atoms with Crippen LogP contribution in [-0.4, -0.2) is 18.2 Å². The summed E-state index contributed by atoms with van der Waals surface area (Å²) in [5.41, 5.74) is 1.04. The second-order valence-electron chi connectivity index (χ2n) is 10.5. The van der Waals surface area contributed by atoms with Gasteiger partial charge >= 0.3 is 5.97 Å². The zero-order valence-corrected chi connectivity index (χ0v) is 22.5. The van der Waals surface area contributed by atoms with Crippen molar-refractivity contribution in [2.24, 2.45) is 5.41 Å². The molecule has 38 heavy (non-hydrogen) atoms. The summed E-state index contributed by atoms with van der Waals surface area (Å²) in [5, 5.41) is 9.25. The number of carboxylic acid groups (broad SMARTS) is 1. The highest BCUT2D eigenvalue weighted by Crippen LogP contribution is 2.42. The minimum atomic E-state index is -1.42. The first-order chi connectivity index (χ1) is 18.0. The molecule has 1 N–H and O–H groups in total. The van der Waals surface area contributed by atoms with Crippen LogP contribution in [0.5, 0.6) is 11.5 Å². The lowest BCUT2D eigenvalue weighted by Crippen LogP contribution is -2.15. The Labute approximate surface area is 222 Å². The van der Waals surface area contributed by atoms with Crippen molar-refractivity contribution in [2.75, 3.05) is 7.11 Å². The van der Waals surface area contributed by atoms with Crippen LogP contribution in [0.1, 0.15) is 75.7 Å². The number of ether oxygens (including phenoxy) is 2. The van der Waals surface area contributed by atoms with Gasteiger partial charge in [-0.2, -0.15) is 0 Å². The minimum Gasteiger partial charge on any atom is -0.497 e. The molecule has 0 aliphatic rings. The molecule has 0 aliphatic carbocycles. The number of methoxy groups -OCH3 is 1. The molecular formula is C31H35F3O4. The third kappa shape index (κ3) is 6.88. The monoisotopic (exact) mass is 528 g/mol. The Hall–Kier alpha value is -3.48. The number of carboxylic acids is 1. The van der Waals surface area contributed by atoms with Crippen LogP contribution in [0.2, 0.25) is 0 Å². The van der Waals surface area contributed by atoms with Crippen LogP contribution in [-0.2, 0) is 11.4 Å². The molecule has 0 saturated carbocycles. The van der Waals surface area contributed by atoms with Crippen molar-refractivity contribution in [3.63, 3.8) is 0 Å². The van der Waals surface area contributed by atoms with Crippen molar-refractivity contribution in [1.82, 2.24) is 0 Å². The molecule has 7 heteroatoms. The summed E-state index contributed by atoms with van der Waals surface area (Å²) in [6.45, 7) is 7.15. The maximum absolute atomic E-state index is 15.7. The van der Waals surface area contributed by atoms with Crippen LogP contribution in [0.3, 0.4) is 0 Å². The summed E-state index contributed by atoms with van der Waals surface area (Å²) in [4.78, 5) is 11.3. The molecule has 0 saturated heterocycles. The average molecular weight is 529 g/mol. The number of alkyl halides is 1. The maximum atomic E-state index is 15.7. The number of benzene rings is 3. The van der Waals surface area contributed by atoms with Crippen LogP contribution in [0.25, 0.3) is 11.1 Å². The molecule has 0 unspecified atom stereocenters. The fourth-order valence-electron chi connectivity index (χ4n) is 4.50. The molecule has 204 valence electrons. The molecule has 0 aromatic heterocycles. The van der Waals surface area contributed by atoms with E-state index >= 15 is 8.78 Å². The van der Waals surface area contributed by atoms with Gasteiger partial charge in [0.15, 0.2) is 11.6 Å². The second kappa shape index (κ2) is 12.4. The van der Waals surface area contributed by atoms with Crippen molar-refractivity contribution in [1.29, 1.82) is 0 Å². The predicted octanol–water partition coefficient (Wildman–Crippen LogP) is 8.63. The van der Waals surface area contributed by atoms with E-state index in [1.54, 1.807) is 51.1 Å². The van der Waals surface area contributed by atoms with Crippen LogP contribution < -0.4 is 9.47 Å². The van der Waals surface area contributed by atoms with Gasteiger partial charge in [-0.25, -0.2) is 13.2 Å². The third-order valence-electron chi connectivity index (χ3n) is 6.50. The summed E-state index contributed by atoms with van der Waals surface area (Å²) < 4.78 is 56.9. The van der Waals surface area contributed by atoms with Gasteiger partial charge in [-0.3, -0.25) is 4.79 Å². The van der Waals surface area contributed by atoms with Crippen LogP contribution in [0.15, 0.2) is 54.6 Å². The lowest BCUT2D eigenvalue weighted by atomic mass is 9.82. The van der Waals surface area contributed by atoms with E-state index in [0.717, 1.165) is 0 Å². The molecule has 0 amide bonds. The molecule has 0 radical (unpaired) electrons. The molecule has 2 atom stereocenters. The lowest BCUT2D eigenvalue weighted by Gasteiger charge is -2.27. The van der Waals surface area contributed by atoms with E-state index in [9.17, 15) is 14.3 Å². The highest BCUT2D eigenvalue weighted by Gasteiger charge is 2.29. The van der Waals surface area contributed by atoms with Crippen LogP contribution in [0.4, 0.5) is 13.2 Å². The van der Waals surface area contributed by atoms with Gasteiger partial charge in [-0.05, 0) is 70.3 Å². The van der Waals surface area contributed by atoms with E-state index in [1.165, 1.54) is 31.4 Å². The van der Waals surface area contributed by atoms with E-state index in [1.807, 2.05) is 6.92 Å². The molecule has 0 fully saturated rings. The van der Waals surface area contributed by atoms with Gasteiger partial charge in [-0.1, -0.05) is 58.4 Å². The Balaban J connectivity index is 1.96. The summed E-state index contributed by atoms with van der Waals surface area (Å²) in [5.74, 6) is -2.12. The Bertz CT molecular complexity index is 1270. The number of halogens is 3. The number of carbonyl (C=O) groups is 1. The van der Waals surface area contributed by atoms with E-state index < -0.39 is 35.1 Å². The van der Waals surface area contributed by atoms with Gasteiger partial charge in [0.1, 0.15) is 24.3 Å². The summed E-state index contributed by atoms with van der Waals surface area (Å²) >= 11 is 0. The highest BCUT2D eigenvalue weighted by atomic mass is 19.1. The fourth-order valence-corrected chi connectivity index (χ4v) is 4.50. The summed E-state index contributed by atoms with van der Waals surface area (Å²) in [7, 11) is 1.48. The number of rotatable bonds is 11. The SMILES string of the molecule is CCC[C@@H](CC(=O)O)c1cccc(OCc2ccc(-c3cc(OC)ccc3F)c([C@H](F)C(C)(C)C)c2)c1F. The lowest BCUT2D eigenvalue weighted by molar-refractivity contribution is -0.137. The summed E-state index contributed by atoms with van der Waals surface area (Å²) in [6.07, 6.45) is -0.356. The fraction of sp³-hybridized carbons (Fsp3) is 0.387. The van der Waals surface area contributed by atoms with Gasteiger partial charge in [-0.15, -0.1) is 0 Å². The van der Waals surface area contributed by atoms with E-state index in [4.69, 9.17) is 9.47 Å². The van der Waals surface area contributed by atoms with Gasteiger partial charge < -0.3 is 14.6 Å². The van der Waals surface area contributed by atoms with Crippen LogP contribution >= 0.6 is 0 Å². The highest BCUT2D eigenvalue weighted by molar-refractivity contribution is 5.70. The Morgan fingerprint density at radius 2 is 1.74 bits per heavy atom. The van der Waals surface area contributed by atoms with Gasteiger partial charge in [0.05, 0.1) is 13.5 Å². The number of hydrogen-bond donors (Lipinski definition) is 1. The minimum absolute atomic E-state index is 0.00826. The van der Waals surface area contributed by atoms with Crippen molar-refractivity contribution < 1.29 is 32.5 Å². The molecule has 3 aromatic rings. The van der Waals surface area contributed by atoms with Crippen molar-refractivity contribution in [3.8, 4) is 22.6 Å². The zero-order valence-electron chi connectivity index (χ0n) is 22.5. The van der Waals surface area contributed by atoms with Gasteiger partial charge in [0.25, 0.3) is 0 Å². The molecule has 0 heterocycles. The molecule has 4 nitrogen and oxygen atoms in total. The average Bonchev–Trinajstić information content (AvgIpc) is 2.87. The van der Waals surface area contributed by atoms with Gasteiger partial charge in [0.2, 0.25) is 0 Å². The first-order valence-electron chi connectivity index (χ1n) is 12.7. The van der Waals surface area contributed by atoms with E-state index in [0.29, 0.717) is 40.8 Å². The molecule has 3 aromatic carbocycles. The molecule has 0 aliphatic heterocycles. The number of hydrogen-bond acceptors (Lipinski definition) is 3. The van der Waals surface area contributed by atoms with E-state index in [2.05, 4.69) is 0 Å². The first kappa shape index (κ1) is 29.1. The molecule has 0 bridgehead atoms. The van der Waals surface area contributed by atoms with Crippen molar-refractivity contribution >= 4 is 5.97 Å². The number of aliphatic carboxylic acids is 1. The molecule has 3 rings (SSSR count). The van der Waals surface area contributed by atoms with Gasteiger partial charge in [0, 0.05) is 5.56 Å². The Morgan fingerprint density at radius 1 is 1.00 bits per heavy atom. The Morgan fingerprint density at radius 3 is 2.37 bits per heavy atom. The van der Waals surface area contributed by atoms with Crippen molar-refractivity contribution in [3.05, 3.63) is 82.9 Å². The second-order valence-corrected chi connectivity index (χ2v) is 10.5. The topological polar surface area (TPSA) is 55.8 Å². The first-order valence-corrected chi connectivity index (χ1v) is 12.7. The summed E-state index contributed by atoms with van der Waals surface area (Å²) in [6, 6.07) is 14.0. The predicted molar refractivity (Wildman–Crippen MR) is 142 cm³/mol. The normalized spacial score (nSPS) is 13.2. The smallest absolute Gasteiger partial charge is 0.303 e. The van der Waals surface area contributed by atoms with Crippen molar-refractivity contribution in [2.45, 2.75) is 65.7 Å². The quantitative estimate of drug-likeness (QED) is 0.271. The standard InChI is InChI=1S/C31H35F3O4/c1-6-8-20(16-28(35)36)22-9-7-10-27(29(22)33)38-18-19-11-13-23(25(15-19)30(34)31(2,3)4)24-17-21(37-5)12-14-26(24)32/h7,9-15,17,20,30H,6,8,16,18H2,1-5H3,(H,35,36)/t20-,30-/m0/s1. The maximum Gasteiger partial charge on any atom is 0.303 e. The molecular weight excluding hydrogens is 493 g/mol. The third-order valence-corrected chi connectivity index (χ3v) is 6.50. The zero-order chi connectivity index (χ0) is 28.0.